The molecule has 2 nitrogen and oxygen atoms in total. The summed E-state index contributed by atoms with van der Waals surface area (Å²) >= 11 is 0. The molecule has 2 saturated carbocycles. The van der Waals surface area contributed by atoms with Gasteiger partial charge in [0.25, 0.3) is 0 Å². The number of fused-ring (bicyclic) bond motifs is 1. The fourth-order valence-corrected chi connectivity index (χ4v) is 3.69. The van der Waals surface area contributed by atoms with Crippen LogP contribution in [0.25, 0.3) is 0 Å². The lowest BCUT2D eigenvalue weighted by atomic mass is 9.90. The average Bonchev–Trinajstić information content (AvgIpc) is 3.03. The van der Waals surface area contributed by atoms with Gasteiger partial charge in [-0.3, -0.25) is 0 Å². The van der Waals surface area contributed by atoms with Crippen molar-refractivity contribution in [1.29, 1.82) is 0 Å². The standard InChI is InChI=1S/C16H22FNO/c1-18-15(13-8-11-7-12(11)9-13)6-10-3-4-16(19-2)14(17)5-10/h3-5,11-13,15,18H,6-9H2,1-2H3. The smallest absolute Gasteiger partial charge is 0.165 e. The fourth-order valence-electron chi connectivity index (χ4n) is 3.69. The Balaban J connectivity index is 1.66. The molecule has 0 radical (unpaired) electrons. The molecule has 0 aliphatic heterocycles. The quantitative estimate of drug-likeness (QED) is 0.881. The lowest BCUT2D eigenvalue weighted by molar-refractivity contribution is 0.348. The molecule has 3 unspecified atom stereocenters. The van der Waals surface area contributed by atoms with Crippen LogP contribution in [0.4, 0.5) is 4.39 Å². The summed E-state index contributed by atoms with van der Waals surface area (Å²) in [6.45, 7) is 0. The van der Waals surface area contributed by atoms with Crippen LogP contribution in [0.5, 0.6) is 5.75 Å². The Morgan fingerprint density at radius 2 is 2.05 bits per heavy atom. The molecule has 3 atom stereocenters. The highest BCUT2D eigenvalue weighted by Crippen LogP contribution is 2.55. The number of halogens is 1. The summed E-state index contributed by atoms with van der Waals surface area (Å²) in [5, 5.41) is 3.43. The number of nitrogens with one attached hydrogen (secondary N) is 1. The number of likely N-dealkylation sites (N-methyl/N-ethyl adjacent to an activating group) is 1. The molecule has 0 spiro atoms. The van der Waals surface area contributed by atoms with E-state index in [4.69, 9.17) is 4.74 Å². The predicted octanol–water partition coefficient (Wildman–Crippen LogP) is 3.01. The van der Waals surface area contributed by atoms with E-state index in [2.05, 4.69) is 5.32 Å². The molecular weight excluding hydrogens is 241 g/mol. The molecule has 0 saturated heterocycles. The largest absolute Gasteiger partial charge is 0.494 e. The van der Waals surface area contributed by atoms with Gasteiger partial charge < -0.3 is 10.1 Å². The minimum atomic E-state index is -0.260. The van der Waals surface area contributed by atoms with Gasteiger partial charge in [-0.05, 0) is 68.2 Å². The fraction of sp³-hybridized carbons (Fsp3) is 0.625. The van der Waals surface area contributed by atoms with Crippen LogP contribution in [0, 0.1) is 23.6 Å². The van der Waals surface area contributed by atoms with Crippen LogP contribution in [0.3, 0.4) is 0 Å². The van der Waals surface area contributed by atoms with E-state index >= 15 is 0 Å². The molecule has 1 aromatic carbocycles. The molecule has 0 bridgehead atoms. The van der Waals surface area contributed by atoms with Crippen LogP contribution >= 0.6 is 0 Å². The van der Waals surface area contributed by atoms with Gasteiger partial charge in [0.1, 0.15) is 0 Å². The van der Waals surface area contributed by atoms with E-state index in [1.807, 2.05) is 13.1 Å². The lowest BCUT2D eigenvalue weighted by Gasteiger charge is -2.24. The predicted molar refractivity (Wildman–Crippen MR) is 73.8 cm³/mol. The zero-order chi connectivity index (χ0) is 13.4. The van der Waals surface area contributed by atoms with E-state index in [9.17, 15) is 4.39 Å². The van der Waals surface area contributed by atoms with E-state index in [-0.39, 0.29) is 5.82 Å². The first-order chi connectivity index (χ1) is 9.21. The Morgan fingerprint density at radius 1 is 1.32 bits per heavy atom. The summed E-state index contributed by atoms with van der Waals surface area (Å²) in [6, 6.07) is 5.78. The molecule has 2 aliphatic carbocycles. The number of benzene rings is 1. The topological polar surface area (TPSA) is 21.3 Å². The summed E-state index contributed by atoms with van der Waals surface area (Å²) < 4.78 is 18.7. The zero-order valence-electron chi connectivity index (χ0n) is 11.7. The molecule has 0 heterocycles. The maximum Gasteiger partial charge on any atom is 0.165 e. The van der Waals surface area contributed by atoms with Gasteiger partial charge in [0.15, 0.2) is 11.6 Å². The van der Waals surface area contributed by atoms with Crippen LogP contribution < -0.4 is 10.1 Å². The van der Waals surface area contributed by atoms with Crippen molar-refractivity contribution in [1.82, 2.24) is 5.32 Å². The molecule has 2 aliphatic rings. The Labute approximate surface area is 114 Å². The summed E-state index contributed by atoms with van der Waals surface area (Å²) in [5.41, 5.74) is 1.05. The molecule has 3 rings (SSSR count). The van der Waals surface area contributed by atoms with E-state index < -0.39 is 0 Å². The number of hydrogen-bond acceptors (Lipinski definition) is 2. The lowest BCUT2D eigenvalue weighted by Crippen LogP contribution is -2.35. The second-order valence-electron chi connectivity index (χ2n) is 6.06. The van der Waals surface area contributed by atoms with Gasteiger partial charge in [0.2, 0.25) is 0 Å². The molecular formula is C16H22FNO. The van der Waals surface area contributed by atoms with Crippen molar-refractivity contribution in [2.45, 2.75) is 31.7 Å². The third kappa shape index (κ3) is 2.62. The van der Waals surface area contributed by atoms with E-state index in [0.29, 0.717) is 11.8 Å². The third-order valence-electron chi connectivity index (χ3n) is 4.89. The van der Waals surface area contributed by atoms with Gasteiger partial charge in [-0.15, -0.1) is 0 Å². The number of ether oxygens (including phenoxy) is 1. The van der Waals surface area contributed by atoms with Gasteiger partial charge in [-0.2, -0.15) is 0 Å². The van der Waals surface area contributed by atoms with Gasteiger partial charge in [-0.1, -0.05) is 6.07 Å². The Hall–Kier alpha value is -1.09. The second-order valence-corrected chi connectivity index (χ2v) is 6.06. The van der Waals surface area contributed by atoms with Gasteiger partial charge in [0.05, 0.1) is 7.11 Å². The zero-order valence-corrected chi connectivity index (χ0v) is 11.7. The number of methoxy groups -OCH3 is 1. The SMILES string of the molecule is CNC(Cc1ccc(OC)c(F)c1)C1CC2CC2C1. The first-order valence-corrected chi connectivity index (χ1v) is 7.21. The summed E-state index contributed by atoms with van der Waals surface area (Å²) in [5.74, 6) is 2.82. The summed E-state index contributed by atoms with van der Waals surface area (Å²) in [4.78, 5) is 0. The molecule has 1 N–H and O–H groups in total. The van der Waals surface area contributed by atoms with E-state index in [1.165, 1.54) is 26.4 Å². The normalized spacial score (nSPS) is 29.9. The van der Waals surface area contributed by atoms with Gasteiger partial charge in [-0.25, -0.2) is 4.39 Å². The van der Waals surface area contributed by atoms with E-state index in [0.717, 1.165) is 29.7 Å². The minimum Gasteiger partial charge on any atom is -0.494 e. The highest BCUT2D eigenvalue weighted by molar-refractivity contribution is 5.29. The summed E-state index contributed by atoms with van der Waals surface area (Å²) in [6.07, 6.45) is 5.06. The highest BCUT2D eigenvalue weighted by atomic mass is 19.1. The van der Waals surface area contributed by atoms with Crippen LogP contribution in [0.2, 0.25) is 0 Å². The first kappa shape index (κ1) is 12.9. The van der Waals surface area contributed by atoms with Crippen molar-refractivity contribution in [3.05, 3.63) is 29.6 Å². The maximum atomic E-state index is 13.7. The Bertz CT molecular complexity index is 452. The van der Waals surface area contributed by atoms with Crippen LogP contribution in [-0.4, -0.2) is 20.2 Å². The minimum absolute atomic E-state index is 0.260. The number of hydrogen-bond donors (Lipinski definition) is 1. The number of rotatable bonds is 5. The third-order valence-corrected chi connectivity index (χ3v) is 4.89. The Morgan fingerprint density at radius 3 is 2.63 bits per heavy atom. The molecule has 0 amide bonds. The first-order valence-electron chi connectivity index (χ1n) is 7.21. The Kier molecular flexibility index (Phi) is 3.48. The average molecular weight is 263 g/mol. The van der Waals surface area contributed by atoms with Crippen molar-refractivity contribution >= 4 is 0 Å². The van der Waals surface area contributed by atoms with Crippen molar-refractivity contribution in [3.63, 3.8) is 0 Å². The van der Waals surface area contributed by atoms with Gasteiger partial charge in [0, 0.05) is 6.04 Å². The summed E-state index contributed by atoms with van der Waals surface area (Å²) in [7, 11) is 3.52. The van der Waals surface area contributed by atoms with Crippen molar-refractivity contribution < 1.29 is 9.13 Å². The maximum absolute atomic E-state index is 13.7. The van der Waals surface area contributed by atoms with Crippen molar-refractivity contribution in [2.75, 3.05) is 14.2 Å². The van der Waals surface area contributed by atoms with Crippen LogP contribution in [0.15, 0.2) is 18.2 Å². The molecule has 3 heteroatoms. The molecule has 19 heavy (non-hydrogen) atoms. The van der Waals surface area contributed by atoms with Crippen molar-refractivity contribution in [3.8, 4) is 5.75 Å². The highest BCUT2D eigenvalue weighted by Gasteiger charge is 2.47. The molecule has 104 valence electrons. The van der Waals surface area contributed by atoms with Crippen LogP contribution in [-0.2, 0) is 6.42 Å². The monoisotopic (exact) mass is 263 g/mol. The molecule has 2 fully saturated rings. The second kappa shape index (κ2) is 5.12. The van der Waals surface area contributed by atoms with Crippen LogP contribution in [0.1, 0.15) is 24.8 Å². The molecule has 1 aromatic rings. The van der Waals surface area contributed by atoms with Gasteiger partial charge >= 0.3 is 0 Å². The van der Waals surface area contributed by atoms with E-state index in [1.54, 1.807) is 12.1 Å². The molecule has 0 aromatic heterocycles. The van der Waals surface area contributed by atoms with Crippen molar-refractivity contribution in [2.24, 2.45) is 17.8 Å².